The fraction of sp³-hybridized carbons (Fsp3) is 0.500. The van der Waals surface area contributed by atoms with E-state index >= 15 is 0 Å². The lowest BCUT2D eigenvalue weighted by molar-refractivity contribution is -0.00808. The smallest absolute Gasteiger partial charge is 0.357 e. The number of hydrogen-bond acceptors (Lipinski definition) is 1. The zero-order valence-electron chi connectivity index (χ0n) is 8.16. The zero-order chi connectivity index (χ0) is 10.4. The van der Waals surface area contributed by atoms with Gasteiger partial charge in [0.15, 0.2) is 0 Å². The predicted molar refractivity (Wildman–Crippen MR) is 56.1 cm³/mol. The molecule has 0 radical (unpaired) electrons. The molecule has 0 aromatic rings. The van der Waals surface area contributed by atoms with E-state index in [2.05, 4.69) is 11.7 Å². The molecule has 0 atom stereocenters. The molecule has 0 amide bonds. The summed E-state index contributed by atoms with van der Waals surface area (Å²) >= 11 is 5.79. The van der Waals surface area contributed by atoms with E-state index in [1.54, 1.807) is 6.08 Å². The van der Waals surface area contributed by atoms with E-state index in [1.165, 1.54) is 0 Å². The molecule has 1 aliphatic carbocycles. The van der Waals surface area contributed by atoms with Crippen molar-refractivity contribution in [3.63, 3.8) is 0 Å². The van der Waals surface area contributed by atoms with Gasteiger partial charge < -0.3 is 10.3 Å². The van der Waals surface area contributed by atoms with E-state index in [9.17, 15) is 0 Å². The summed E-state index contributed by atoms with van der Waals surface area (Å²) in [7, 11) is 0. The maximum atomic E-state index is 8.70. The van der Waals surface area contributed by atoms with E-state index in [1.807, 2.05) is 6.08 Å². The summed E-state index contributed by atoms with van der Waals surface area (Å²) in [5.41, 5.74) is 9.10. The van der Waals surface area contributed by atoms with Gasteiger partial charge in [0.25, 0.3) is 0 Å². The summed E-state index contributed by atoms with van der Waals surface area (Å²) in [6, 6.07) is 0. The first-order valence-corrected chi connectivity index (χ1v) is 5.07. The second-order valence-corrected chi connectivity index (χ2v) is 3.54. The molecule has 0 aromatic heterocycles. The van der Waals surface area contributed by atoms with Crippen LogP contribution in [0.15, 0.2) is 22.9 Å². The van der Waals surface area contributed by atoms with Crippen LogP contribution in [0.25, 0.3) is 5.53 Å². The molecule has 0 aromatic carbocycles. The van der Waals surface area contributed by atoms with Crippen LogP contribution >= 0.6 is 11.6 Å². The molecular weight excluding hydrogens is 200 g/mol. The predicted octanol–water partition coefficient (Wildman–Crippen LogP) is 2.88. The highest BCUT2D eigenvalue weighted by atomic mass is 35.5. The lowest BCUT2D eigenvalue weighted by Gasteiger charge is -2.08. The number of allylic oxidation sites excluding steroid dienone is 3. The largest absolute Gasteiger partial charge is 0.486 e. The van der Waals surface area contributed by atoms with Gasteiger partial charge in [-0.1, -0.05) is 24.9 Å². The first-order chi connectivity index (χ1) is 6.77. The number of ether oxygens (including phenoxy) is 1. The average molecular weight is 213 g/mol. The Morgan fingerprint density at radius 1 is 1.64 bits per heavy atom. The van der Waals surface area contributed by atoms with Crippen LogP contribution in [-0.2, 0) is 4.74 Å². The third-order valence-electron chi connectivity index (χ3n) is 1.89. The molecule has 0 bridgehead atoms. The van der Waals surface area contributed by atoms with Crippen molar-refractivity contribution in [1.82, 2.24) is 0 Å². The minimum Gasteiger partial charge on any atom is -0.486 e. The highest BCUT2D eigenvalue weighted by Gasteiger charge is 2.19. The maximum absolute atomic E-state index is 8.70. The molecule has 0 heterocycles. The molecule has 0 spiro atoms. The molecule has 1 aliphatic rings. The molecule has 0 N–H and O–H groups in total. The Hall–Kier alpha value is -1.05. The fourth-order valence-corrected chi connectivity index (χ4v) is 1.29. The van der Waals surface area contributed by atoms with Crippen LogP contribution in [-0.4, -0.2) is 17.1 Å². The van der Waals surface area contributed by atoms with Crippen molar-refractivity contribution in [2.45, 2.75) is 26.2 Å². The minimum atomic E-state index is 0.400. The lowest BCUT2D eigenvalue weighted by atomic mass is 10.1. The first-order valence-electron chi connectivity index (χ1n) is 4.69. The highest BCUT2D eigenvalue weighted by molar-refractivity contribution is 6.32. The molecule has 0 unspecified atom stereocenters. The Morgan fingerprint density at radius 2 is 2.43 bits per heavy atom. The maximum Gasteiger partial charge on any atom is 0.357 e. The summed E-state index contributed by atoms with van der Waals surface area (Å²) in [6.07, 6.45) is 6.15. The van der Waals surface area contributed by atoms with Crippen molar-refractivity contribution in [1.29, 1.82) is 0 Å². The Morgan fingerprint density at radius 3 is 3.07 bits per heavy atom. The van der Waals surface area contributed by atoms with Crippen molar-refractivity contribution in [3.05, 3.63) is 28.5 Å². The SMILES string of the molecule is CCCCOC1=CCC(Cl)=CC1=[N+]=[N-]. The lowest BCUT2D eigenvalue weighted by Crippen LogP contribution is -2.09. The Bertz CT molecular complexity index is 314. The van der Waals surface area contributed by atoms with Crippen LogP contribution in [0, 0.1) is 0 Å². The van der Waals surface area contributed by atoms with Crippen molar-refractivity contribution in [2.75, 3.05) is 6.61 Å². The molecule has 76 valence electrons. The highest BCUT2D eigenvalue weighted by Crippen LogP contribution is 2.18. The van der Waals surface area contributed by atoms with Gasteiger partial charge in [-0.05, 0) is 12.5 Å². The summed E-state index contributed by atoms with van der Waals surface area (Å²) in [5, 5.41) is 0.653. The normalized spacial score (nSPS) is 15.7. The van der Waals surface area contributed by atoms with Crippen LogP contribution in [0.4, 0.5) is 0 Å². The molecule has 1 rings (SSSR count). The third kappa shape index (κ3) is 3.02. The number of halogens is 1. The van der Waals surface area contributed by atoms with Crippen molar-refractivity contribution < 1.29 is 9.53 Å². The zero-order valence-corrected chi connectivity index (χ0v) is 8.92. The molecule has 14 heavy (non-hydrogen) atoms. The van der Waals surface area contributed by atoms with Crippen molar-refractivity contribution in [3.8, 4) is 0 Å². The van der Waals surface area contributed by atoms with E-state index in [4.69, 9.17) is 21.9 Å². The van der Waals surface area contributed by atoms with E-state index in [0.717, 1.165) is 12.8 Å². The molecular formula is C10H13ClN2O. The number of unbranched alkanes of at least 4 members (excludes halogenated alkanes) is 1. The van der Waals surface area contributed by atoms with Crippen LogP contribution in [0.1, 0.15) is 26.2 Å². The van der Waals surface area contributed by atoms with Crippen LogP contribution in [0.5, 0.6) is 0 Å². The van der Waals surface area contributed by atoms with Gasteiger partial charge in [0, 0.05) is 17.5 Å². The number of hydrogen-bond donors (Lipinski definition) is 0. The molecule has 0 fully saturated rings. The summed E-state index contributed by atoms with van der Waals surface area (Å²) in [4.78, 5) is 3.12. The summed E-state index contributed by atoms with van der Waals surface area (Å²) < 4.78 is 5.44. The fourth-order valence-electron chi connectivity index (χ4n) is 1.11. The van der Waals surface area contributed by atoms with Crippen molar-refractivity contribution >= 4 is 17.3 Å². The van der Waals surface area contributed by atoms with Gasteiger partial charge in [-0.25, -0.2) is 0 Å². The van der Waals surface area contributed by atoms with Gasteiger partial charge in [-0.15, -0.1) is 0 Å². The Labute approximate surface area is 88.6 Å². The van der Waals surface area contributed by atoms with Gasteiger partial charge in [-0.2, -0.15) is 4.79 Å². The van der Waals surface area contributed by atoms with Crippen LogP contribution in [0.3, 0.4) is 0 Å². The van der Waals surface area contributed by atoms with Crippen LogP contribution in [0.2, 0.25) is 0 Å². The third-order valence-corrected chi connectivity index (χ3v) is 2.15. The Kier molecular flexibility index (Phi) is 4.44. The summed E-state index contributed by atoms with van der Waals surface area (Å²) in [5.74, 6) is 0.616. The first kappa shape index (κ1) is 11.0. The van der Waals surface area contributed by atoms with Crippen LogP contribution < -0.4 is 0 Å². The molecule has 0 saturated carbocycles. The van der Waals surface area contributed by atoms with E-state index in [-0.39, 0.29) is 0 Å². The monoisotopic (exact) mass is 212 g/mol. The van der Waals surface area contributed by atoms with Gasteiger partial charge in [0.05, 0.1) is 6.61 Å². The minimum absolute atomic E-state index is 0.400. The topological polar surface area (TPSA) is 45.6 Å². The van der Waals surface area contributed by atoms with E-state index < -0.39 is 0 Å². The molecule has 0 saturated heterocycles. The average Bonchev–Trinajstić information content (AvgIpc) is 2.20. The molecule has 0 aliphatic heterocycles. The molecule has 4 heteroatoms. The number of rotatable bonds is 4. The standard InChI is InChI=1S/C10H13ClN2O/c1-2-3-6-14-10-5-4-8(11)7-9(10)13-12/h5,7H,2-4,6H2,1H3. The molecule has 3 nitrogen and oxygen atoms in total. The van der Waals surface area contributed by atoms with E-state index in [0.29, 0.717) is 29.5 Å². The van der Waals surface area contributed by atoms with Gasteiger partial charge >= 0.3 is 5.71 Å². The quantitative estimate of drug-likeness (QED) is 0.402. The van der Waals surface area contributed by atoms with Crippen molar-refractivity contribution in [2.24, 2.45) is 0 Å². The second kappa shape index (κ2) is 5.63. The van der Waals surface area contributed by atoms with Gasteiger partial charge in [0.1, 0.15) is 0 Å². The Balaban J connectivity index is 2.57. The van der Waals surface area contributed by atoms with Gasteiger partial charge in [-0.3, -0.25) is 0 Å². The van der Waals surface area contributed by atoms with Gasteiger partial charge in [0.2, 0.25) is 5.76 Å². The number of nitrogens with zero attached hydrogens (tertiary/aromatic N) is 2. The summed E-state index contributed by atoms with van der Waals surface area (Å²) in [6.45, 7) is 2.74. The second-order valence-electron chi connectivity index (χ2n) is 3.05.